The van der Waals surface area contributed by atoms with Crippen molar-refractivity contribution in [2.24, 2.45) is 0 Å². The molecule has 7 aromatic rings. The van der Waals surface area contributed by atoms with Crippen molar-refractivity contribution >= 4 is 25.6 Å². The summed E-state index contributed by atoms with van der Waals surface area (Å²) >= 11 is 3.84. The molecule has 4 heteroatoms. The molecule has 0 aromatic heterocycles. The Balaban J connectivity index is 0.00000264. The maximum Gasteiger partial charge on any atom is -1.00 e. The Hall–Kier alpha value is -4.10. The molecule has 9 rings (SSSR count). The van der Waals surface area contributed by atoms with Gasteiger partial charge >= 0.3 is 354 Å². The summed E-state index contributed by atoms with van der Waals surface area (Å²) in [5, 5.41) is 3.35. The molecule has 0 amide bonds. The van der Waals surface area contributed by atoms with E-state index in [9.17, 15) is 0 Å². The van der Waals surface area contributed by atoms with E-state index in [0.29, 0.717) is 0 Å². The van der Waals surface area contributed by atoms with E-state index in [2.05, 4.69) is 205 Å². The SMILES string of the molecule is CC(C)(C)c1cc2c(cc1-c1ccccc1)[CH](/[Zr+2]([C]1=CC=CC1)=[C](/c1cccc(Cl)c1)c1cccc3ccccc13)c1cc(-c3ccccc3)c(C(C)(C)C)cc1-2.[Cl-].[Cl-]. The topological polar surface area (TPSA) is 0 Å². The molecule has 0 heterocycles. The first-order chi connectivity index (χ1) is 27.5. The van der Waals surface area contributed by atoms with Crippen molar-refractivity contribution in [3.05, 3.63) is 212 Å². The van der Waals surface area contributed by atoms with Crippen molar-refractivity contribution in [2.75, 3.05) is 0 Å². The van der Waals surface area contributed by atoms with Gasteiger partial charge in [-0.05, 0) is 0 Å². The Labute approximate surface area is 376 Å². The molecule has 7 aromatic carbocycles. The summed E-state index contributed by atoms with van der Waals surface area (Å²) < 4.78 is 3.36. The molecule has 0 saturated heterocycles. The van der Waals surface area contributed by atoms with Gasteiger partial charge in [0.2, 0.25) is 0 Å². The molecule has 2 aliphatic rings. The molecular formula is C55H49Cl3Zr. The Morgan fingerprint density at radius 2 is 1.08 bits per heavy atom. The van der Waals surface area contributed by atoms with Crippen molar-refractivity contribution in [1.29, 1.82) is 0 Å². The fourth-order valence-corrected chi connectivity index (χ4v) is 18.5. The fraction of sp³-hybridized carbons (Fsp3) is 0.182. The molecule has 0 saturated carbocycles. The van der Waals surface area contributed by atoms with Gasteiger partial charge in [-0.1, -0.05) is 0 Å². The van der Waals surface area contributed by atoms with E-state index in [1.165, 1.54) is 80.7 Å². The Kier molecular flexibility index (Phi) is 12.5. The predicted octanol–water partition coefficient (Wildman–Crippen LogP) is 9.23. The van der Waals surface area contributed by atoms with Crippen molar-refractivity contribution in [2.45, 2.75) is 62.4 Å². The summed E-state index contributed by atoms with van der Waals surface area (Å²) in [6, 6.07) is 57.1. The minimum Gasteiger partial charge on any atom is -1.00 e. The van der Waals surface area contributed by atoms with E-state index in [-0.39, 0.29) is 39.3 Å². The van der Waals surface area contributed by atoms with Gasteiger partial charge in [-0.15, -0.1) is 0 Å². The van der Waals surface area contributed by atoms with E-state index in [1.54, 1.807) is 3.28 Å². The maximum absolute atomic E-state index is 6.96. The maximum atomic E-state index is 6.96. The molecule has 0 N–H and O–H groups in total. The molecular weight excluding hydrogens is 858 g/mol. The molecule has 0 nitrogen and oxygen atoms in total. The molecule has 2 aliphatic carbocycles. The molecule has 0 atom stereocenters. The zero-order valence-electron chi connectivity index (χ0n) is 34.6. The monoisotopic (exact) mass is 904 g/mol. The van der Waals surface area contributed by atoms with Crippen LogP contribution in [0.2, 0.25) is 5.02 Å². The van der Waals surface area contributed by atoms with E-state index < -0.39 is 21.3 Å². The van der Waals surface area contributed by atoms with Crippen LogP contribution in [0.4, 0.5) is 0 Å². The van der Waals surface area contributed by atoms with Crippen LogP contribution in [0.15, 0.2) is 173 Å². The first-order valence-electron chi connectivity index (χ1n) is 20.3. The third-order valence-electron chi connectivity index (χ3n) is 11.9. The number of hydrogen-bond donors (Lipinski definition) is 0. The second-order valence-electron chi connectivity index (χ2n) is 17.8. The Morgan fingerprint density at radius 3 is 1.61 bits per heavy atom. The normalized spacial score (nSPS) is 13.6. The van der Waals surface area contributed by atoms with Gasteiger partial charge < -0.3 is 24.8 Å². The third-order valence-corrected chi connectivity index (χ3v) is 20.4. The van der Waals surface area contributed by atoms with E-state index in [1.807, 2.05) is 6.07 Å². The van der Waals surface area contributed by atoms with Crippen molar-refractivity contribution in [3.63, 3.8) is 0 Å². The van der Waals surface area contributed by atoms with Crippen LogP contribution in [0, 0.1) is 0 Å². The van der Waals surface area contributed by atoms with Gasteiger partial charge in [0.25, 0.3) is 0 Å². The van der Waals surface area contributed by atoms with Crippen LogP contribution in [0.3, 0.4) is 0 Å². The summed E-state index contributed by atoms with van der Waals surface area (Å²) in [4.78, 5) is 0. The zero-order valence-corrected chi connectivity index (χ0v) is 39.3. The zero-order chi connectivity index (χ0) is 39.5. The van der Waals surface area contributed by atoms with Crippen LogP contribution < -0.4 is 24.8 Å². The average Bonchev–Trinajstić information content (AvgIpc) is 3.85. The molecule has 59 heavy (non-hydrogen) atoms. The molecule has 0 fully saturated rings. The van der Waals surface area contributed by atoms with Crippen LogP contribution in [-0.4, -0.2) is 3.21 Å². The van der Waals surface area contributed by atoms with Crippen LogP contribution >= 0.6 is 11.6 Å². The quantitative estimate of drug-likeness (QED) is 0.156. The number of fused-ring (bicyclic) bond motifs is 4. The molecule has 0 spiro atoms. The van der Waals surface area contributed by atoms with Gasteiger partial charge in [-0.3, -0.25) is 0 Å². The standard InChI is InChI=1S/C33H33.C17H11Cl.C5H5.2ClH.Zr/c1-32(2,3)30-20-26-24(18-28(30)22-13-9-7-10-14-22)17-25-19-29(23-15-11-8-12-16-23)31(21-27(25)26)33(4,5)6;18-16-9-3-5-13(12-16)11-15-8-4-7-14-6-1-2-10-17(14)15;1-2-4-5-3-1;;;/h7-21H,1-6H3;1-10,12H;1-3H,4H2;2*1H;/q;;;;;+2/p-2. The van der Waals surface area contributed by atoms with Crippen molar-refractivity contribution in [1.82, 2.24) is 0 Å². The summed E-state index contributed by atoms with van der Waals surface area (Å²) in [5.41, 5.74) is 16.3. The van der Waals surface area contributed by atoms with Crippen LogP contribution in [0.25, 0.3) is 44.2 Å². The minimum atomic E-state index is -3.12. The van der Waals surface area contributed by atoms with E-state index >= 15 is 0 Å². The Bertz CT molecular complexity index is 2670. The van der Waals surface area contributed by atoms with Crippen LogP contribution in [0.5, 0.6) is 0 Å². The number of hydrogen-bond acceptors (Lipinski definition) is 0. The second kappa shape index (κ2) is 17.1. The van der Waals surface area contributed by atoms with Crippen molar-refractivity contribution in [3.8, 4) is 33.4 Å². The van der Waals surface area contributed by atoms with Crippen LogP contribution in [-0.2, 0) is 32.1 Å². The van der Waals surface area contributed by atoms with Gasteiger partial charge in [-0.2, -0.15) is 0 Å². The summed E-state index contributed by atoms with van der Waals surface area (Å²) in [6.07, 6.45) is 8.15. The smallest absolute Gasteiger partial charge is 1.00 e. The van der Waals surface area contributed by atoms with Crippen LogP contribution in [0.1, 0.15) is 85.0 Å². The first kappa shape index (κ1) is 43.0. The minimum absolute atomic E-state index is 0. The first-order valence-corrected chi connectivity index (χ1v) is 24.6. The van der Waals surface area contributed by atoms with E-state index in [0.717, 1.165) is 11.4 Å². The van der Waals surface area contributed by atoms with E-state index in [4.69, 9.17) is 11.6 Å². The van der Waals surface area contributed by atoms with Crippen molar-refractivity contribution < 1.29 is 46.1 Å². The summed E-state index contributed by atoms with van der Waals surface area (Å²) in [5.74, 6) is 0. The number of allylic oxidation sites excluding steroid dienone is 4. The molecule has 0 unspecified atom stereocenters. The third kappa shape index (κ3) is 8.10. The van der Waals surface area contributed by atoms with Gasteiger partial charge in [0.15, 0.2) is 0 Å². The van der Waals surface area contributed by atoms with Gasteiger partial charge in [0.1, 0.15) is 0 Å². The number of halogens is 3. The largest absolute Gasteiger partial charge is 1.00 e. The Morgan fingerprint density at radius 1 is 0.559 bits per heavy atom. The summed E-state index contributed by atoms with van der Waals surface area (Å²) in [6.45, 7) is 14.2. The predicted molar refractivity (Wildman–Crippen MR) is 242 cm³/mol. The molecule has 0 bridgehead atoms. The van der Waals surface area contributed by atoms with Gasteiger partial charge in [-0.25, -0.2) is 0 Å². The molecule has 0 aliphatic heterocycles. The summed E-state index contributed by atoms with van der Waals surface area (Å²) in [7, 11) is 0. The number of benzene rings is 7. The van der Waals surface area contributed by atoms with Gasteiger partial charge in [0, 0.05) is 0 Å². The van der Waals surface area contributed by atoms with Gasteiger partial charge in [0.05, 0.1) is 0 Å². The number of rotatable bonds is 6. The fourth-order valence-electron chi connectivity index (χ4n) is 9.29. The molecule has 0 radical (unpaired) electrons. The molecule has 294 valence electrons. The second-order valence-corrected chi connectivity index (χ2v) is 24.5. The average molecular weight is 908 g/mol.